The number of hydrogen-bond donors (Lipinski definition) is 0. The maximum absolute atomic E-state index is 12.3. The minimum absolute atomic E-state index is 0.0159. The van der Waals surface area contributed by atoms with E-state index < -0.39 is 0 Å². The van der Waals surface area contributed by atoms with E-state index in [1.807, 2.05) is 12.1 Å². The topological polar surface area (TPSA) is 55.5 Å². The van der Waals surface area contributed by atoms with E-state index in [2.05, 4.69) is 22.9 Å². The van der Waals surface area contributed by atoms with Gasteiger partial charge in [-0.3, -0.25) is 9.59 Å². The zero-order chi connectivity index (χ0) is 16.6. The van der Waals surface area contributed by atoms with Crippen molar-refractivity contribution in [1.82, 2.24) is 9.47 Å². The van der Waals surface area contributed by atoms with Gasteiger partial charge in [-0.25, -0.2) is 0 Å². The van der Waals surface area contributed by atoms with Crippen LogP contribution < -0.4 is 5.56 Å². The van der Waals surface area contributed by atoms with Crippen LogP contribution in [-0.4, -0.2) is 22.4 Å². The predicted octanol–water partition coefficient (Wildman–Crippen LogP) is 2.99. The average Bonchev–Trinajstić information content (AvgIpc) is 3.05. The highest BCUT2D eigenvalue weighted by Gasteiger charge is 2.36. The van der Waals surface area contributed by atoms with Gasteiger partial charge >= 0.3 is 0 Å². The molecule has 1 aliphatic rings. The van der Waals surface area contributed by atoms with Gasteiger partial charge in [0.15, 0.2) is 0 Å². The monoisotopic (exact) mass is 378 g/mol. The summed E-state index contributed by atoms with van der Waals surface area (Å²) < 4.78 is 7.98. The quantitative estimate of drug-likeness (QED) is 0.803. The van der Waals surface area contributed by atoms with Crippen molar-refractivity contribution in [3.05, 3.63) is 56.8 Å². The third-order valence-corrected chi connectivity index (χ3v) is 4.70. The van der Waals surface area contributed by atoms with E-state index in [9.17, 15) is 9.59 Å². The largest absolute Gasteiger partial charge is 0.464 e. The van der Waals surface area contributed by atoms with Crippen LogP contribution in [0.5, 0.6) is 0 Å². The Labute approximate surface area is 143 Å². The van der Waals surface area contributed by atoms with Gasteiger partial charge in [0, 0.05) is 29.7 Å². The molecule has 6 heteroatoms. The normalized spacial score (nSPS) is 19.6. The van der Waals surface area contributed by atoms with Crippen LogP contribution in [0.15, 0.2) is 44.1 Å². The lowest BCUT2D eigenvalue weighted by Gasteiger charge is -2.16. The Morgan fingerprint density at radius 2 is 2.13 bits per heavy atom. The maximum Gasteiger partial charge on any atom is 0.251 e. The number of amides is 1. The first-order chi connectivity index (χ1) is 10.9. The van der Waals surface area contributed by atoms with Crippen molar-refractivity contribution in [2.45, 2.75) is 32.4 Å². The van der Waals surface area contributed by atoms with Crippen LogP contribution in [0.1, 0.15) is 30.8 Å². The molecule has 2 aromatic heterocycles. The summed E-state index contributed by atoms with van der Waals surface area (Å²) in [5, 5.41) is 0. The smallest absolute Gasteiger partial charge is 0.251 e. The SMILES string of the molecule is C[C@H]1C[C@H]1c1ccc(CN(C)C(=O)Cn2cc(Br)ccc2=O)o1. The van der Waals surface area contributed by atoms with Crippen LogP contribution >= 0.6 is 15.9 Å². The molecule has 0 spiro atoms. The third kappa shape index (κ3) is 3.75. The lowest BCUT2D eigenvalue weighted by Crippen LogP contribution is -2.33. The van der Waals surface area contributed by atoms with Crippen LogP contribution in [-0.2, 0) is 17.9 Å². The summed E-state index contributed by atoms with van der Waals surface area (Å²) in [6.07, 6.45) is 2.79. The standard InChI is InChI=1S/C17H19BrN2O3/c1-11-7-14(11)15-5-4-13(23-15)9-19(2)17(22)10-20-8-12(18)3-6-16(20)21/h3-6,8,11,14H,7,9-10H2,1-2H3/t11-,14+/m0/s1. The van der Waals surface area contributed by atoms with Gasteiger partial charge in [-0.2, -0.15) is 0 Å². The second-order valence-electron chi connectivity index (χ2n) is 6.19. The van der Waals surface area contributed by atoms with Crippen molar-refractivity contribution in [3.8, 4) is 0 Å². The molecule has 5 nitrogen and oxygen atoms in total. The Morgan fingerprint density at radius 1 is 1.39 bits per heavy atom. The Hall–Kier alpha value is -1.82. The minimum atomic E-state index is -0.196. The molecular formula is C17H19BrN2O3. The molecular weight excluding hydrogens is 360 g/mol. The van der Waals surface area contributed by atoms with Crippen LogP contribution in [0, 0.1) is 5.92 Å². The van der Waals surface area contributed by atoms with E-state index in [0.717, 1.165) is 16.0 Å². The van der Waals surface area contributed by atoms with Crippen molar-refractivity contribution in [2.24, 2.45) is 5.92 Å². The Kier molecular flexibility index (Phi) is 4.43. The number of hydrogen-bond acceptors (Lipinski definition) is 3. The summed E-state index contributed by atoms with van der Waals surface area (Å²) in [4.78, 5) is 25.6. The van der Waals surface area contributed by atoms with Crippen molar-refractivity contribution in [2.75, 3.05) is 7.05 Å². The van der Waals surface area contributed by atoms with Gasteiger partial charge in [0.05, 0.1) is 6.54 Å². The average molecular weight is 379 g/mol. The predicted molar refractivity (Wildman–Crippen MR) is 90.1 cm³/mol. The lowest BCUT2D eigenvalue weighted by atomic mass is 10.3. The molecule has 0 aromatic carbocycles. The number of likely N-dealkylation sites (N-methyl/N-ethyl adjacent to an activating group) is 1. The first-order valence-electron chi connectivity index (χ1n) is 7.62. The first-order valence-corrected chi connectivity index (χ1v) is 8.42. The van der Waals surface area contributed by atoms with Crippen LogP contribution in [0.3, 0.4) is 0 Å². The van der Waals surface area contributed by atoms with Gasteiger partial charge in [0.1, 0.15) is 18.1 Å². The summed E-state index contributed by atoms with van der Waals surface area (Å²) in [7, 11) is 1.72. The highest BCUT2D eigenvalue weighted by molar-refractivity contribution is 9.10. The van der Waals surface area contributed by atoms with Gasteiger partial charge in [0.2, 0.25) is 5.91 Å². The Bertz CT molecular complexity index is 780. The molecule has 2 heterocycles. The lowest BCUT2D eigenvalue weighted by molar-refractivity contribution is -0.131. The molecule has 1 fully saturated rings. The van der Waals surface area contributed by atoms with Crippen molar-refractivity contribution < 1.29 is 9.21 Å². The van der Waals surface area contributed by atoms with Gasteiger partial charge < -0.3 is 13.9 Å². The number of nitrogens with zero attached hydrogens (tertiary/aromatic N) is 2. The fourth-order valence-electron chi connectivity index (χ4n) is 2.61. The van der Waals surface area contributed by atoms with Crippen molar-refractivity contribution >= 4 is 21.8 Å². The summed E-state index contributed by atoms with van der Waals surface area (Å²) in [6, 6.07) is 7.03. The van der Waals surface area contributed by atoms with Crippen LogP contribution in [0.2, 0.25) is 0 Å². The van der Waals surface area contributed by atoms with Gasteiger partial charge in [-0.05, 0) is 46.5 Å². The molecule has 1 saturated carbocycles. The highest BCUT2D eigenvalue weighted by Crippen LogP contribution is 2.47. The molecule has 2 aromatic rings. The fourth-order valence-corrected chi connectivity index (χ4v) is 2.99. The summed E-state index contributed by atoms with van der Waals surface area (Å²) >= 11 is 3.30. The van der Waals surface area contributed by atoms with Crippen molar-refractivity contribution in [3.63, 3.8) is 0 Å². The van der Waals surface area contributed by atoms with E-state index in [0.29, 0.717) is 18.4 Å². The second kappa shape index (κ2) is 6.35. The number of carbonyl (C=O) groups excluding carboxylic acids is 1. The molecule has 0 N–H and O–H groups in total. The van der Waals surface area contributed by atoms with E-state index >= 15 is 0 Å². The Balaban J connectivity index is 1.62. The van der Waals surface area contributed by atoms with E-state index in [-0.39, 0.29) is 18.0 Å². The number of pyridine rings is 1. The van der Waals surface area contributed by atoms with Gasteiger partial charge in [0.25, 0.3) is 5.56 Å². The van der Waals surface area contributed by atoms with Crippen LogP contribution in [0.25, 0.3) is 0 Å². The zero-order valence-corrected chi connectivity index (χ0v) is 14.7. The number of rotatable bonds is 5. The molecule has 0 saturated heterocycles. The second-order valence-corrected chi connectivity index (χ2v) is 7.10. The fraction of sp³-hybridized carbons (Fsp3) is 0.412. The van der Waals surface area contributed by atoms with E-state index in [4.69, 9.17) is 4.42 Å². The van der Waals surface area contributed by atoms with E-state index in [1.165, 1.54) is 17.1 Å². The van der Waals surface area contributed by atoms with E-state index in [1.54, 1.807) is 24.2 Å². The van der Waals surface area contributed by atoms with Gasteiger partial charge in [-0.1, -0.05) is 6.92 Å². The zero-order valence-electron chi connectivity index (χ0n) is 13.2. The molecule has 0 aliphatic heterocycles. The third-order valence-electron chi connectivity index (χ3n) is 4.23. The molecule has 2 atom stereocenters. The summed E-state index contributed by atoms with van der Waals surface area (Å²) in [6.45, 7) is 2.63. The number of aromatic nitrogens is 1. The molecule has 0 unspecified atom stereocenters. The minimum Gasteiger partial charge on any atom is -0.464 e. The first kappa shape index (κ1) is 16.1. The number of carbonyl (C=O) groups is 1. The maximum atomic E-state index is 12.3. The van der Waals surface area contributed by atoms with Crippen LogP contribution in [0.4, 0.5) is 0 Å². The molecule has 23 heavy (non-hydrogen) atoms. The molecule has 1 amide bonds. The van der Waals surface area contributed by atoms with Gasteiger partial charge in [-0.15, -0.1) is 0 Å². The Morgan fingerprint density at radius 3 is 2.83 bits per heavy atom. The molecule has 0 radical (unpaired) electrons. The number of furan rings is 1. The molecule has 122 valence electrons. The highest BCUT2D eigenvalue weighted by atomic mass is 79.9. The molecule has 0 bridgehead atoms. The molecule has 1 aliphatic carbocycles. The number of halogens is 1. The van der Waals surface area contributed by atoms with Crippen molar-refractivity contribution in [1.29, 1.82) is 0 Å². The molecule has 3 rings (SSSR count). The summed E-state index contributed by atoms with van der Waals surface area (Å²) in [5.74, 6) is 2.87. The summed E-state index contributed by atoms with van der Waals surface area (Å²) in [5.41, 5.74) is -0.196.